The molecule has 0 atom stereocenters. The van der Waals surface area contributed by atoms with Gasteiger partial charge in [-0.1, -0.05) is 19.1 Å². The molecule has 0 spiro atoms. The summed E-state index contributed by atoms with van der Waals surface area (Å²) < 4.78 is 5.89. The van der Waals surface area contributed by atoms with E-state index in [2.05, 4.69) is 54.3 Å². The van der Waals surface area contributed by atoms with Crippen LogP contribution in [0.5, 0.6) is 5.75 Å². The highest BCUT2D eigenvalue weighted by Gasteiger charge is 2.05. The van der Waals surface area contributed by atoms with Gasteiger partial charge < -0.3 is 15.0 Å². The Morgan fingerprint density at radius 3 is 2.57 bits per heavy atom. The number of hydrogen-bond acceptors (Lipinski definition) is 4. The van der Waals surface area contributed by atoms with Crippen molar-refractivity contribution >= 4 is 0 Å². The lowest BCUT2D eigenvalue weighted by atomic mass is 10.2. The van der Waals surface area contributed by atoms with Crippen molar-refractivity contribution in [3.05, 3.63) is 29.8 Å². The van der Waals surface area contributed by atoms with Gasteiger partial charge in [0, 0.05) is 26.2 Å². The molecule has 1 rings (SSSR count). The number of nitrogens with one attached hydrogen (secondary N) is 1. The van der Waals surface area contributed by atoms with Crippen molar-refractivity contribution in [2.75, 3.05) is 53.9 Å². The molecule has 0 saturated heterocycles. The van der Waals surface area contributed by atoms with E-state index in [1.165, 1.54) is 12.0 Å². The molecule has 0 saturated carbocycles. The summed E-state index contributed by atoms with van der Waals surface area (Å²) in [6.45, 7) is 8.17. The lowest BCUT2D eigenvalue weighted by molar-refractivity contribution is 0.194. The molecule has 1 aromatic rings. The van der Waals surface area contributed by atoms with Gasteiger partial charge in [0.1, 0.15) is 12.4 Å². The molecule has 0 aliphatic heterocycles. The topological polar surface area (TPSA) is 27.7 Å². The van der Waals surface area contributed by atoms with Gasteiger partial charge >= 0.3 is 0 Å². The first kappa shape index (κ1) is 18.0. The van der Waals surface area contributed by atoms with E-state index in [-0.39, 0.29) is 0 Å². The number of rotatable bonds is 11. The van der Waals surface area contributed by atoms with Crippen molar-refractivity contribution in [3.8, 4) is 5.75 Å². The molecule has 0 bridgehead atoms. The standard InChI is InChI=1S/C17H31N3O/c1-5-9-20(11-10-19(3)4)12-13-21-17-8-6-7-16(14-17)15-18-2/h6-8,14,18H,5,9-13,15H2,1-4H3. The van der Waals surface area contributed by atoms with Gasteiger partial charge in [0.2, 0.25) is 0 Å². The molecule has 0 fully saturated rings. The van der Waals surface area contributed by atoms with Crippen LogP contribution in [0.3, 0.4) is 0 Å². The molecule has 4 nitrogen and oxygen atoms in total. The van der Waals surface area contributed by atoms with Crippen molar-refractivity contribution in [3.63, 3.8) is 0 Å². The van der Waals surface area contributed by atoms with E-state index < -0.39 is 0 Å². The van der Waals surface area contributed by atoms with E-state index in [0.717, 1.165) is 45.1 Å². The molecule has 0 aliphatic carbocycles. The molecule has 0 heterocycles. The summed E-state index contributed by atoms with van der Waals surface area (Å²) in [5.74, 6) is 0.965. The highest BCUT2D eigenvalue weighted by molar-refractivity contribution is 5.28. The van der Waals surface area contributed by atoms with Gasteiger partial charge in [-0.05, 0) is 51.8 Å². The Kier molecular flexibility index (Phi) is 9.06. The molecule has 4 heteroatoms. The summed E-state index contributed by atoms with van der Waals surface area (Å²) in [5, 5.41) is 3.16. The Labute approximate surface area is 130 Å². The molecular weight excluding hydrogens is 262 g/mol. The van der Waals surface area contributed by atoms with Crippen LogP contribution in [-0.4, -0.2) is 63.7 Å². The van der Waals surface area contributed by atoms with Gasteiger partial charge in [-0.25, -0.2) is 0 Å². The molecule has 120 valence electrons. The second-order valence-electron chi connectivity index (χ2n) is 5.67. The Balaban J connectivity index is 2.36. The second-order valence-corrected chi connectivity index (χ2v) is 5.67. The number of benzene rings is 1. The van der Waals surface area contributed by atoms with Crippen LogP contribution >= 0.6 is 0 Å². The lowest BCUT2D eigenvalue weighted by Crippen LogP contribution is -2.35. The van der Waals surface area contributed by atoms with Crippen LogP contribution in [0.15, 0.2) is 24.3 Å². The summed E-state index contributed by atoms with van der Waals surface area (Å²) in [5.41, 5.74) is 1.26. The van der Waals surface area contributed by atoms with Crippen molar-refractivity contribution in [1.29, 1.82) is 0 Å². The van der Waals surface area contributed by atoms with Crippen LogP contribution in [0.4, 0.5) is 0 Å². The van der Waals surface area contributed by atoms with E-state index in [4.69, 9.17) is 4.74 Å². The monoisotopic (exact) mass is 293 g/mol. The van der Waals surface area contributed by atoms with Crippen molar-refractivity contribution < 1.29 is 4.74 Å². The van der Waals surface area contributed by atoms with Crippen LogP contribution in [-0.2, 0) is 6.54 Å². The molecule has 0 aromatic heterocycles. The molecule has 0 unspecified atom stereocenters. The normalized spacial score (nSPS) is 11.3. The van der Waals surface area contributed by atoms with Crippen LogP contribution in [0.1, 0.15) is 18.9 Å². The lowest BCUT2D eigenvalue weighted by Gasteiger charge is -2.23. The molecule has 21 heavy (non-hydrogen) atoms. The van der Waals surface area contributed by atoms with Crippen LogP contribution < -0.4 is 10.1 Å². The average molecular weight is 293 g/mol. The fraction of sp³-hybridized carbons (Fsp3) is 0.647. The Hall–Kier alpha value is -1.10. The molecule has 0 amide bonds. The van der Waals surface area contributed by atoms with Crippen molar-refractivity contribution in [2.24, 2.45) is 0 Å². The SMILES string of the molecule is CCCN(CCOc1cccc(CNC)c1)CCN(C)C. The summed E-state index contributed by atoms with van der Waals surface area (Å²) in [7, 11) is 6.20. The van der Waals surface area contributed by atoms with Gasteiger partial charge in [0.25, 0.3) is 0 Å². The van der Waals surface area contributed by atoms with Gasteiger partial charge in [-0.3, -0.25) is 4.90 Å². The minimum absolute atomic E-state index is 0.746. The third-order valence-corrected chi connectivity index (χ3v) is 3.36. The number of ether oxygens (including phenoxy) is 1. The minimum Gasteiger partial charge on any atom is -0.492 e. The third kappa shape index (κ3) is 8.05. The number of likely N-dealkylation sites (N-methyl/N-ethyl adjacent to an activating group) is 1. The zero-order valence-corrected chi connectivity index (χ0v) is 14.1. The summed E-state index contributed by atoms with van der Waals surface area (Å²) in [4.78, 5) is 4.70. The van der Waals surface area contributed by atoms with Crippen molar-refractivity contribution in [1.82, 2.24) is 15.1 Å². The predicted octanol–water partition coefficient (Wildman–Crippen LogP) is 2.06. The second kappa shape index (κ2) is 10.6. The van der Waals surface area contributed by atoms with E-state index in [1.807, 2.05) is 13.1 Å². The fourth-order valence-electron chi connectivity index (χ4n) is 2.24. The summed E-state index contributed by atoms with van der Waals surface area (Å²) in [6.07, 6.45) is 1.19. The number of hydrogen-bond donors (Lipinski definition) is 1. The van der Waals surface area contributed by atoms with Crippen LogP contribution in [0.2, 0.25) is 0 Å². The van der Waals surface area contributed by atoms with E-state index >= 15 is 0 Å². The Morgan fingerprint density at radius 1 is 1.10 bits per heavy atom. The molecular formula is C17H31N3O. The van der Waals surface area contributed by atoms with Crippen LogP contribution in [0, 0.1) is 0 Å². The van der Waals surface area contributed by atoms with Gasteiger partial charge in [-0.2, -0.15) is 0 Å². The maximum atomic E-state index is 5.89. The van der Waals surface area contributed by atoms with E-state index in [0.29, 0.717) is 0 Å². The van der Waals surface area contributed by atoms with Crippen molar-refractivity contribution in [2.45, 2.75) is 19.9 Å². The maximum Gasteiger partial charge on any atom is 0.119 e. The summed E-state index contributed by atoms with van der Waals surface area (Å²) >= 11 is 0. The van der Waals surface area contributed by atoms with Gasteiger partial charge in [-0.15, -0.1) is 0 Å². The zero-order chi connectivity index (χ0) is 15.5. The quantitative estimate of drug-likeness (QED) is 0.676. The third-order valence-electron chi connectivity index (χ3n) is 3.36. The highest BCUT2D eigenvalue weighted by Crippen LogP contribution is 2.13. The van der Waals surface area contributed by atoms with E-state index in [1.54, 1.807) is 0 Å². The predicted molar refractivity (Wildman–Crippen MR) is 90.0 cm³/mol. The Morgan fingerprint density at radius 2 is 1.90 bits per heavy atom. The first-order chi connectivity index (χ1) is 10.2. The zero-order valence-electron chi connectivity index (χ0n) is 14.1. The molecule has 0 radical (unpaired) electrons. The first-order valence-corrected chi connectivity index (χ1v) is 7.89. The smallest absolute Gasteiger partial charge is 0.119 e. The molecule has 0 aliphatic rings. The fourth-order valence-corrected chi connectivity index (χ4v) is 2.24. The molecule has 1 N–H and O–H groups in total. The summed E-state index contributed by atoms with van der Waals surface area (Å²) in [6, 6.07) is 8.31. The molecule has 1 aromatic carbocycles. The minimum atomic E-state index is 0.746. The highest BCUT2D eigenvalue weighted by atomic mass is 16.5. The van der Waals surface area contributed by atoms with Gasteiger partial charge in [0.05, 0.1) is 0 Å². The largest absolute Gasteiger partial charge is 0.492 e. The van der Waals surface area contributed by atoms with Gasteiger partial charge in [0.15, 0.2) is 0 Å². The first-order valence-electron chi connectivity index (χ1n) is 7.89. The number of nitrogens with zero attached hydrogens (tertiary/aromatic N) is 2. The average Bonchev–Trinajstić information content (AvgIpc) is 2.45. The maximum absolute atomic E-state index is 5.89. The Bertz CT molecular complexity index is 382. The van der Waals surface area contributed by atoms with E-state index in [9.17, 15) is 0 Å². The van der Waals surface area contributed by atoms with Crippen LogP contribution in [0.25, 0.3) is 0 Å².